The Hall–Kier alpha value is -5.05. The van der Waals surface area contributed by atoms with E-state index >= 15 is 0 Å². The van der Waals surface area contributed by atoms with Gasteiger partial charge in [0.25, 0.3) is 5.56 Å². The zero-order valence-electron chi connectivity index (χ0n) is 22.3. The van der Waals surface area contributed by atoms with Gasteiger partial charge in [-0.1, -0.05) is 80.1 Å². The zero-order chi connectivity index (χ0) is 27.5. The first-order valence-corrected chi connectivity index (χ1v) is 13.5. The molecule has 40 heavy (non-hydrogen) atoms. The number of pyridine rings is 1. The van der Waals surface area contributed by atoms with Gasteiger partial charge < -0.3 is 14.9 Å². The number of nitrogens with zero attached hydrogens (tertiary/aromatic N) is 6. The number of para-hydroxylation sites is 1. The van der Waals surface area contributed by atoms with E-state index in [9.17, 15) is 4.79 Å². The molecule has 0 saturated heterocycles. The molecule has 0 amide bonds. The number of aryl methyl sites for hydroxylation is 1. The molecule has 9 nitrogen and oxygen atoms in total. The molecule has 0 saturated carbocycles. The summed E-state index contributed by atoms with van der Waals surface area (Å²) >= 11 is 0. The third-order valence-electron chi connectivity index (χ3n) is 7.22. The minimum Gasteiger partial charge on any atom is -0.398 e. The van der Waals surface area contributed by atoms with Crippen molar-refractivity contribution in [3.8, 4) is 22.5 Å². The quantitative estimate of drug-likeness (QED) is 0.252. The molecular weight excluding hydrogens is 500 g/mol. The van der Waals surface area contributed by atoms with E-state index in [-0.39, 0.29) is 5.56 Å². The number of fused-ring (bicyclic) bond motifs is 1. The fourth-order valence-corrected chi connectivity index (χ4v) is 5.09. The van der Waals surface area contributed by atoms with Crippen LogP contribution in [0.5, 0.6) is 0 Å². The maximum Gasteiger partial charge on any atom is 0.277 e. The fourth-order valence-electron chi connectivity index (χ4n) is 5.09. The molecule has 0 aliphatic heterocycles. The Bertz CT molecular complexity index is 1820. The highest BCUT2D eigenvalue weighted by Crippen LogP contribution is 2.30. The number of unbranched alkanes of at least 4 members (excludes halogenated alkanes) is 1. The number of tetrazole rings is 1. The number of benzene rings is 3. The molecule has 0 fully saturated rings. The minimum absolute atomic E-state index is 0.0679. The minimum atomic E-state index is -0.0679. The van der Waals surface area contributed by atoms with E-state index in [1.165, 1.54) is 0 Å². The predicted octanol–water partition coefficient (Wildman–Crippen LogP) is 5.07. The summed E-state index contributed by atoms with van der Waals surface area (Å²) in [5.74, 6) is 1.48. The van der Waals surface area contributed by atoms with Crippen LogP contribution >= 0.6 is 0 Å². The van der Waals surface area contributed by atoms with Crippen molar-refractivity contribution in [1.82, 2.24) is 34.7 Å². The average molecular weight is 531 g/mol. The molecule has 0 aliphatic carbocycles. The second-order valence-corrected chi connectivity index (χ2v) is 9.88. The summed E-state index contributed by atoms with van der Waals surface area (Å²) in [6.07, 6.45) is 4.68. The molecule has 0 atom stereocenters. The first-order chi connectivity index (χ1) is 19.6. The average Bonchev–Trinajstić information content (AvgIpc) is 3.64. The number of rotatable bonds is 9. The summed E-state index contributed by atoms with van der Waals surface area (Å²) in [6, 6.07) is 26.0. The third-order valence-corrected chi connectivity index (χ3v) is 7.22. The van der Waals surface area contributed by atoms with Crippen LogP contribution in [0.2, 0.25) is 0 Å². The maximum absolute atomic E-state index is 13.8. The summed E-state index contributed by atoms with van der Waals surface area (Å²) in [6.45, 7) is 3.12. The number of hydrogen-bond donors (Lipinski definition) is 2. The summed E-state index contributed by atoms with van der Waals surface area (Å²) in [4.78, 5) is 18.7. The summed E-state index contributed by atoms with van der Waals surface area (Å²) in [5, 5.41) is 14.5. The molecule has 3 aromatic heterocycles. The number of anilines is 1. The van der Waals surface area contributed by atoms with E-state index in [4.69, 9.17) is 10.7 Å². The lowest BCUT2D eigenvalue weighted by Gasteiger charge is -2.12. The Morgan fingerprint density at radius 3 is 2.42 bits per heavy atom. The highest BCUT2D eigenvalue weighted by molar-refractivity contribution is 5.80. The number of nitrogen functional groups attached to an aromatic ring is 1. The highest BCUT2D eigenvalue weighted by atomic mass is 16.1. The number of imidazole rings is 1. The van der Waals surface area contributed by atoms with Crippen molar-refractivity contribution in [3.63, 3.8) is 0 Å². The molecular formula is C31H30N8O. The van der Waals surface area contributed by atoms with Gasteiger partial charge in [0.1, 0.15) is 11.3 Å². The Kier molecular flexibility index (Phi) is 6.93. The largest absolute Gasteiger partial charge is 0.398 e. The molecule has 3 N–H and O–H groups in total. The number of H-pyrrole nitrogens is 1. The second-order valence-electron chi connectivity index (χ2n) is 9.88. The van der Waals surface area contributed by atoms with Crippen LogP contribution in [-0.4, -0.2) is 34.7 Å². The molecule has 6 rings (SSSR count). The number of nitrogens with two attached hydrogens (primary N) is 1. The maximum atomic E-state index is 13.8. The van der Waals surface area contributed by atoms with Crippen molar-refractivity contribution in [2.45, 2.75) is 39.3 Å². The van der Waals surface area contributed by atoms with Crippen LogP contribution in [0.25, 0.3) is 33.5 Å². The smallest absolute Gasteiger partial charge is 0.277 e. The Morgan fingerprint density at radius 2 is 1.68 bits per heavy atom. The molecule has 0 radical (unpaired) electrons. The zero-order valence-corrected chi connectivity index (χ0v) is 22.3. The van der Waals surface area contributed by atoms with E-state index < -0.39 is 0 Å². The van der Waals surface area contributed by atoms with Crippen molar-refractivity contribution in [3.05, 3.63) is 112 Å². The van der Waals surface area contributed by atoms with Crippen LogP contribution in [0.15, 0.2) is 89.9 Å². The number of aromatic amines is 1. The second kappa shape index (κ2) is 11.0. The van der Waals surface area contributed by atoms with Gasteiger partial charge in [-0.25, -0.2) is 4.98 Å². The lowest BCUT2D eigenvalue weighted by molar-refractivity contribution is 0.684. The van der Waals surface area contributed by atoms with E-state index in [2.05, 4.69) is 62.4 Å². The lowest BCUT2D eigenvalue weighted by Crippen LogP contribution is -2.23. The molecule has 6 aromatic rings. The van der Waals surface area contributed by atoms with Gasteiger partial charge in [-0.2, -0.15) is 5.21 Å². The van der Waals surface area contributed by atoms with Crippen LogP contribution in [-0.2, 0) is 19.5 Å². The molecule has 0 spiro atoms. The Morgan fingerprint density at radius 1 is 0.900 bits per heavy atom. The predicted molar refractivity (Wildman–Crippen MR) is 157 cm³/mol. The first-order valence-electron chi connectivity index (χ1n) is 13.5. The molecule has 3 aromatic carbocycles. The van der Waals surface area contributed by atoms with Crippen molar-refractivity contribution in [2.24, 2.45) is 0 Å². The van der Waals surface area contributed by atoms with Gasteiger partial charge in [0.15, 0.2) is 0 Å². The van der Waals surface area contributed by atoms with E-state index in [1.54, 1.807) is 4.57 Å². The molecule has 3 heterocycles. The van der Waals surface area contributed by atoms with Gasteiger partial charge in [0.05, 0.1) is 12.1 Å². The SMILES string of the molecule is CCCCc1nc2ccn(Cc3ccccc3N)c(=O)c2n1Cc1ccc(-c2ccccc2-c2nn[nH]n2)cc1. The Balaban J connectivity index is 1.36. The van der Waals surface area contributed by atoms with Crippen LogP contribution in [0, 0.1) is 0 Å². The van der Waals surface area contributed by atoms with E-state index in [1.807, 2.05) is 54.7 Å². The topological polar surface area (TPSA) is 120 Å². The molecule has 0 unspecified atom stereocenters. The summed E-state index contributed by atoms with van der Waals surface area (Å²) in [7, 11) is 0. The number of hydrogen-bond acceptors (Lipinski definition) is 6. The van der Waals surface area contributed by atoms with Crippen molar-refractivity contribution >= 4 is 16.7 Å². The van der Waals surface area contributed by atoms with Gasteiger partial charge in [0, 0.05) is 30.4 Å². The molecule has 9 heteroatoms. The van der Waals surface area contributed by atoms with Crippen molar-refractivity contribution in [1.29, 1.82) is 0 Å². The molecule has 0 aliphatic rings. The third kappa shape index (κ3) is 4.89. The highest BCUT2D eigenvalue weighted by Gasteiger charge is 2.17. The van der Waals surface area contributed by atoms with Crippen LogP contribution < -0.4 is 11.3 Å². The van der Waals surface area contributed by atoms with Gasteiger partial charge in [-0.15, -0.1) is 10.2 Å². The lowest BCUT2D eigenvalue weighted by atomic mass is 9.98. The van der Waals surface area contributed by atoms with Crippen molar-refractivity contribution in [2.75, 3.05) is 5.73 Å². The standard InChI is InChI=1S/C31H30N8O/c1-2-3-12-28-33-27-17-18-38(20-23-8-4-7-11-26(23)32)31(40)29(27)39(28)19-21-13-15-22(16-14-21)24-9-5-6-10-25(24)30-34-36-37-35-30/h4-11,13-18H,2-3,12,19-20,32H2,1H3,(H,34,35,36,37). The number of aromatic nitrogens is 7. The summed E-state index contributed by atoms with van der Waals surface area (Å²) in [5.41, 5.74) is 13.1. The summed E-state index contributed by atoms with van der Waals surface area (Å²) < 4.78 is 3.80. The number of nitrogens with one attached hydrogen (secondary N) is 1. The molecule has 0 bridgehead atoms. The van der Waals surface area contributed by atoms with E-state index in [0.29, 0.717) is 30.1 Å². The van der Waals surface area contributed by atoms with Crippen LogP contribution in [0.4, 0.5) is 5.69 Å². The van der Waals surface area contributed by atoms with Crippen LogP contribution in [0.3, 0.4) is 0 Å². The normalized spacial score (nSPS) is 11.3. The van der Waals surface area contributed by atoms with Gasteiger partial charge in [-0.05, 0) is 46.0 Å². The van der Waals surface area contributed by atoms with Gasteiger partial charge in [-0.3, -0.25) is 4.79 Å². The van der Waals surface area contributed by atoms with Gasteiger partial charge >= 0.3 is 0 Å². The first kappa shape index (κ1) is 25.2. The monoisotopic (exact) mass is 530 g/mol. The van der Waals surface area contributed by atoms with Crippen molar-refractivity contribution < 1.29 is 0 Å². The van der Waals surface area contributed by atoms with E-state index in [0.717, 1.165) is 58.4 Å². The van der Waals surface area contributed by atoms with Gasteiger partial charge in [0.2, 0.25) is 5.82 Å². The molecule has 200 valence electrons. The van der Waals surface area contributed by atoms with Crippen LogP contribution in [0.1, 0.15) is 36.7 Å². The fraction of sp³-hybridized carbons (Fsp3) is 0.194. The Labute approximate surface area is 231 Å².